The molecule has 0 aliphatic heterocycles. The van der Waals surface area contributed by atoms with Crippen LogP contribution in [0.5, 0.6) is 0 Å². The van der Waals surface area contributed by atoms with Gasteiger partial charge in [0, 0.05) is 30.3 Å². The molecule has 0 heterocycles. The second-order valence-corrected chi connectivity index (χ2v) is 8.03. The largest absolute Gasteiger partial charge is 0.444 e. The third-order valence-electron chi connectivity index (χ3n) is 4.73. The van der Waals surface area contributed by atoms with E-state index in [4.69, 9.17) is 10.5 Å². The molecule has 1 aliphatic carbocycles. The number of nitrogens with one attached hydrogen (secondary N) is 1. The molecule has 1 aromatic carbocycles. The Bertz CT molecular complexity index is 686. The third kappa shape index (κ3) is 5.98. The quantitative estimate of drug-likeness (QED) is 0.844. The minimum Gasteiger partial charge on any atom is -0.444 e. The van der Waals surface area contributed by atoms with Gasteiger partial charge in [-0.1, -0.05) is 0 Å². The SMILES string of the molecule is CN(C(=O)OC(C)(C)C)C1CCC(C(=O)Nc2ccc(C(N)=O)cc2)CC1. The van der Waals surface area contributed by atoms with Gasteiger partial charge in [-0.15, -0.1) is 0 Å². The van der Waals surface area contributed by atoms with E-state index in [9.17, 15) is 14.4 Å². The Labute approximate surface area is 160 Å². The first-order valence-corrected chi connectivity index (χ1v) is 9.23. The number of benzene rings is 1. The van der Waals surface area contributed by atoms with Gasteiger partial charge in [0.25, 0.3) is 0 Å². The van der Waals surface area contributed by atoms with E-state index >= 15 is 0 Å². The molecule has 0 bridgehead atoms. The van der Waals surface area contributed by atoms with E-state index in [0.29, 0.717) is 24.1 Å². The number of nitrogens with zero attached hydrogens (tertiary/aromatic N) is 1. The molecular weight excluding hydrogens is 346 g/mol. The fourth-order valence-corrected chi connectivity index (χ4v) is 3.17. The number of anilines is 1. The summed E-state index contributed by atoms with van der Waals surface area (Å²) in [7, 11) is 1.75. The number of ether oxygens (including phenoxy) is 1. The second-order valence-electron chi connectivity index (χ2n) is 8.03. The smallest absolute Gasteiger partial charge is 0.410 e. The predicted molar refractivity (Wildman–Crippen MR) is 103 cm³/mol. The molecule has 7 nitrogen and oxygen atoms in total. The van der Waals surface area contributed by atoms with Crippen LogP contribution in [0, 0.1) is 5.92 Å². The number of primary amides is 1. The molecule has 0 saturated heterocycles. The number of carbonyl (C=O) groups is 3. The van der Waals surface area contributed by atoms with Gasteiger partial charge in [-0.2, -0.15) is 0 Å². The van der Waals surface area contributed by atoms with Gasteiger partial charge in [0.1, 0.15) is 5.60 Å². The summed E-state index contributed by atoms with van der Waals surface area (Å²) in [4.78, 5) is 37.4. The molecule has 1 aromatic rings. The zero-order valence-corrected chi connectivity index (χ0v) is 16.5. The standard InChI is InChI=1S/C20H29N3O4/c1-20(2,3)27-19(26)23(4)16-11-7-14(8-12-16)18(25)22-15-9-5-13(6-10-15)17(21)24/h5-6,9-10,14,16H,7-8,11-12H2,1-4H3,(H2,21,24)(H,22,25). The van der Waals surface area contributed by atoms with Crippen LogP contribution >= 0.6 is 0 Å². The van der Waals surface area contributed by atoms with Crippen molar-refractivity contribution in [1.82, 2.24) is 4.90 Å². The van der Waals surface area contributed by atoms with Crippen LogP contribution in [0.25, 0.3) is 0 Å². The lowest BCUT2D eigenvalue weighted by atomic mass is 9.85. The highest BCUT2D eigenvalue weighted by Gasteiger charge is 2.31. The Hall–Kier alpha value is -2.57. The molecule has 3 N–H and O–H groups in total. The zero-order valence-electron chi connectivity index (χ0n) is 16.5. The first-order valence-electron chi connectivity index (χ1n) is 9.23. The van der Waals surface area contributed by atoms with Crippen molar-refractivity contribution in [2.24, 2.45) is 11.7 Å². The molecule has 27 heavy (non-hydrogen) atoms. The Kier molecular flexibility index (Phi) is 6.46. The summed E-state index contributed by atoms with van der Waals surface area (Å²) in [6.07, 6.45) is 2.61. The Morgan fingerprint density at radius 2 is 1.63 bits per heavy atom. The van der Waals surface area contributed by atoms with Crippen LogP contribution in [-0.4, -0.2) is 41.5 Å². The van der Waals surface area contributed by atoms with Gasteiger partial charge in [0.05, 0.1) is 0 Å². The molecule has 0 spiro atoms. The van der Waals surface area contributed by atoms with E-state index in [0.717, 1.165) is 12.8 Å². The average Bonchev–Trinajstić information content (AvgIpc) is 2.60. The summed E-state index contributed by atoms with van der Waals surface area (Å²) in [6, 6.07) is 6.59. The van der Waals surface area contributed by atoms with Gasteiger partial charge < -0.3 is 20.7 Å². The van der Waals surface area contributed by atoms with Gasteiger partial charge in [0.2, 0.25) is 11.8 Å². The molecule has 148 valence electrons. The van der Waals surface area contributed by atoms with Gasteiger partial charge in [0.15, 0.2) is 0 Å². The van der Waals surface area contributed by atoms with Crippen LogP contribution in [0.4, 0.5) is 10.5 Å². The zero-order chi connectivity index (χ0) is 20.2. The fraction of sp³-hybridized carbons (Fsp3) is 0.550. The maximum absolute atomic E-state index is 12.5. The minimum atomic E-state index is -0.521. The van der Waals surface area contributed by atoms with Crippen molar-refractivity contribution >= 4 is 23.6 Å². The number of carbonyl (C=O) groups excluding carboxylic acids is 3. The minimum absolute atomic E-state index is 0.0415. The van der Waals surface area contributed by atoms with Crippen LogP contribution in [0.1, 0.15) is 56.8 Å². The molecule has 0 radical (unpaired) electrons. The van der Waals surface area contributed by atoms with Crippen LogP contribution in [0.15, 0.2) is 24.3 Å². The Morgan fingerprint density at radius 3 is 2.11 bits per heavy atom. The van der Waals surface area contributed by atoms with E-state index < -0.39 is 11.5 Å². The summed E-state index contributed by atoms with van der Waals surface area (Å²) < 4.78 is 5.41. The highest BCUT2D eigenvalue weighted by atomic mass is 16.6. The van der Waals surface area contributed by atoms with Gasteiger partial charge in [-0.3, -0.25) is 9.59 Å². The van der Waals surface area contributed by atoms with Crippen LogP contribution in [-0.2, 0) is 9.53 Å². The van der Waals surface area contributed by atoms with Crippen molar-refractivity contribution in [1.29, 1.82) is 0 Å². The molecule has 0 atom stereocenters. The number of amides is 3. The maximum atomic E-state index is 12.5. The first-order chi connectivity index (χ1) is 12.6. The molecule has 3 amide bonds. The van der Waals surface area contributed by atoms with Crippen molar-refractivity contribution in [2.45, 2.75) is 58.1 Å². The lowest BCUT2D eigenvalue weighted by Crippen LogP contribution is -2.43. The molecule has 1 aliphatic rings. The third-order valence-corrected chi connectivity index (χ3v) is 4.73. The summed E-state index contributed by atoms with van der Waals surface area (Å²) in [6.45, 7) is 5.53. The topological polar surface area (TPSA) is 102 Å². The van der Waals surface area contributed by atoms with Gasteiger partial charge in [-0.05, 0) is 70.7 Å². The van der Waals surface area contributed by atoms with Crippen molar-refractivity contribution in [2.75, 3.05) is 12.4 Å². The normalized spacial score (nSPS) is 19.9. The molecular formula is C20H29N3O4. The van der Waals surface area contributed by atoms with Crippen LogP contribution in [0.2, 0.25) is 0 Å². The summed E-state index contributed by atoms with van der Waals surface area (Å²) in [5.41, 5.74) is 5.73. The van der Waals surface area contributed by atoms with Crippen LogP contribution in [0.3, 0.4) is 0 Å². The van der Waals surface area contributed by atoms with E-state index in [1.54, 1.807) is 36.2 Å². The van der Waals surface area contributed by atoms with E-state index in [-0.39, 0.29) is 24.0 Å². The molecule has 1 fully saturated rings. The molecule has 2 rings (SSSR count). The first kappa shape index (κ1) is 20.7. The summed E-state index contributed by atoms with van der Waals surface area (Å²) in [5.74, 6) is -0.635. The Balaban J connectivity index is 1.84. The van der Waals surface area contributed by atoms with E-state index in [1.165, 1.54) is 0 Å². The molecule has 7 heteroatoms. The highest BCUT2D eigenvalue weighted by Crippen LogP contribution is 2.29. The van der Waals surface area contributed by atoms with Crippen molar-refractivity contribution in [3.05, 3.63) is 29.8 Å². The number of hydrogen-bond donors (Lipinski definition) is 2. The number of hydrogen-bond acceptors (Lipinski definition) is 4. The van der Waals surface area contributed by atoms with E-state index in [1.807, 2.05) is 20.8 Å². The average molecular weight is 375 g/mol. The number of rotatable bonds is 4. The van der Waals surface area contributed by atoms with Crippen molar-refractivity contribution < 1.29 is 19.1 Å². The van der Waals surface area contributed by atoms with E-state index in [2.05, 4.69) is 5.32 Å². The summed E-state index contributed by atoms with van der Waals surface area (Å²) in [5, 5.41) is 2.88. The Morgan fingerprint density at radius 1 is 1.07 bits per heavy atom. The molecule has 1 saturated carbocycles. The predicted octanol–water partition coefficient (Wildman–Crippen LogP) is 3.15. The van der Waals surface area contributed by atoms with Gasteiger partial charge in [-0.25, -0.2) is 4.79 Å². The highest BCUT2D eigenvalue weighted by molar-refractivity contribution is 5.95. The fourth-order valence-electron chi connectivity index (χ4n) is 3.17. The summed E-state index contributed by atoms with van der Waals surface area (Å²) >= 11 is 0. The lowest BCUT2D eigenvalue weighted by Gasteiger charge is -2.35. The second kappa shape index (κ2) is 8.41. The number of nitrogens with two attached hydrogens (primary N) is 1. The maximum Gasteiger partial charge on any atom is 0.410 e. The van der Waals surface area contributed by atoms with Crippen molar-refractivity contribution in [3.63, 3.8) is 0 Å². The van der Waals surface area contributed by atoms with Crippen LogP contribution < -0.4 is 11.1 Å². The molecule has 0 unspecified atom stereocenters. The van der Waals surface area contributed by atoms with Crippen molar-refractivity contribution in [3.8, 4) is 0 Å². The van der Waals surface area contributed by atoms with Gasteiger partial charge >= 0.3 is 6.09 Å². The molecule has 0 aromatic heterocycles. The monoisotopic (exact) mass is 375 g/mol. The lowest BCUT2D eigenvalue weighted by molar-refractivity contribution is -0.121.